The fourth-order valence-electron chi connectivity index (χ4n) is 3.51. The number of hydrogen-bond donors (Lipinski definition) is 0. The summed E-state index contributed by atoms with van der Waals surface area (Å²) in [5.41, 5.74) is 2.34. The van der Waals surface area contributed by atoms with E-state index in [4.69, 9.17) is 16.3 Å². The molecule has 2 aromatic rings. The normalized spacial score (nSPS) is 14.2. The van der Waals surface area contributed by atoms with Crippen LogP contribution in [0.3, 0.4) is 0 Å². The zero-order valence-corrected chi connectivity index (χ0v) is 20.5. The van der Waals surface area contributed by atoms with Gasteiger partial charge < -0.3 is 14.5 Å². The Balaban J connectivity index is 1.84. The number of sulfonamides is 1. The van der Waals surface area contributed by atoms with Crippen LogP contribution in [0.15, 0.2) is 47.4 Å². The molecule has 0 atom stereocenters. The lowest BCUT2D eigenvalue weighted by Gasteiger charge is -2.35. The fourth-order valence-corrected chi connectivity index (χ4v) is 5.04. The van der Waals surface area contributed by atoms with Gasteiger partial charge in [-0.05, 0) is 68.3 Å². The Labute approximate surface area is 199 Å². The molecule has 0 unspecified atom stereocenters. The number of amides is 2. The van der Waals surface area contributed by atoms with Gasteiger partial charge in [0.15, 0.2) is 0 Å². The van der Waals surface area contributed by atoms with Crippen molar-refractivity contribution in [2.75, 3.05) is 43.6 Å². The molecule has 178 valence electrons. The summed E-state index contributed by atoms with van der Waals surface area (Å²) in [6.45, 7) is 6.77. The highest BCUT2D eigenvalue weighted by molar-refractivity contribution is 7.92. The highest BCUT2D eigenvalue weighted by atomic mass is 35.5. The van der Waals surface area contributed by atoms with E-state index < -0.39 is 16.1 Å². The van der Waals surface area contributed by atoms with Crippen LogP contribution < -0.4 is 4.31 Å². The molecule has 1 heterocycles. The third-order valence-corrected chi connectivity index (χ3v) is 7.66. The highest BCUT2D eigenvalue weighted by Gasteiger charge is 2.31. The number of nitrogens with zero attached hydrogens (tertiary/aromatic N) is 3. The van der Waals surface area contributed by atoms with Gasteiger partial charge in [-0.25, -0.2) is 13.2 Å². The van der Waals surface area contributed by atoms with Crippen molar-refractivity contribution in [2.45, 2.75) is 25.7 Å². The zero-order valence-electron chi connectivity index (χ0n) is 19.0. The maximum atomic E-state index is 13.5. The number of benzene rings is 2. The van der Waals surface area contributed by atoms with Crippen LogP contribution >= 0.6 is 11.6 Å². The lowest BCUT2D eigenvalue weighted by molar-refractivity contribution is -0.131. The molecule has 3 rings (SSSR count). The molecule has 8 nitrogen and oxygen atoms in total. The Morgan fingerprint density at radius 2 is 1.58 bits per heavy atom. The monoisotopic (exact) mass is 493 g/mol. The largest absolute Gasteiger partial charge is 0.450 e. The van der Waals surface area contributed by atoms with Crippen molar-refractivity contribution in [3.63, 3.8) is 0 Å². The molecule has 10 heteroatoms. The molecule has 0 aliphatic carbocycles. The SMILES string of the molecule is CCOC(=O)N1CCN(C(=O)CN(c2ccc(C)c(C)c2)S(=O)(=O)c2ccc(Cl)cc2)CC1. The van der Waals surface area contributed by atoms with Crippen molar-refractivity contribution in [1.29, 1.82) is 0 Å². The maximum Gasteiger partial charge on any atom is 0.409 e. The molecular formula is C23H28ClN3O5S. The molecule has 1 saturated heterocycles. The van der Waals surface area contributed by atoms with Gasteiger partial charge in [-0.3, -0.25) is 9.10 Å². The first kappa shape index (κ1) is 24.9. The van der Waals surface area contributed by atoms with Crippen LogP contribution in [0.2, 0.25) is 5.02 Å². The van der Waals surface area contributed by atoms with E-state index in [-0.39, 0.29) is 24.0 Å². The van der Waals surface area contributed by atoms with Crippen molar-refractivity contribution >= 4 is 39.3 Å². The first-order valence-corrected chi connectivity index (χ1v) is 12.5. The Kier molecular flexibility index (Phi) is 7.86. The third kappa shape index (κ3) is 5.78. The predicted octanol–water partition coefficient (Wildman–Crippen LogP) is 3.45. The minimum Gasteiger partial charge on any atom is -0.450 e. The van der Waals surface area contributed by atoms with Crippen molar-refractivity contribution in [3.05, 3.63) is 58.6 Å². The highest BCUT2D eigenvalue weighted by Crippen LogP contribution is 2.27. The van der Waals surface area contributed by atoms with Gasteiger partial charge in [0.2, 0.25) is 5.91 Å². The Bertz CT molecular complexity index is 1110. The van der Waals surface area contributed by atoms with Gasteiger partial charge in [-0.1, -0.05) is 17.7 Å². The van der Waals surface area contributed by atoms with Gasteiger partial charge in [0.25, 0.3) is 10.0 Å². The summed E-state index contributed by atoms with van der Waals surface area (Å²) < 4.78 is 33.2. The van der Waals surface area contributed by atoms with E-state index >= 15 is 0 Å². The van der Waals surface area contributed by atoms with Crippen molar-refractivity contribution in [1.82, 2.24) is 9.80 Å². The fraction of sp³-hybridized carbons (Fsp3) is 0.391. The summed E-state index contributed by atoms with van der Waals surface area (Å²) in [5, 5.41) is 0.419. The predicted molar refractivity (Wildman–Crippen MR) is 127 cm³/mol. The molecule has 1 aliphatic rings. The van der Waals surface area contributed by atoms with E-state index in [2.05, 4.69) is 0 Å². The lowest BCUT2D eigenvalue weighted by Crippen LogP contribution is -2.53. The van der Waals surface area contributed by atoms with Gasteiger partial charge in [0, 0.05) is 31.2 Å². The van der Waals surface area contributed by atoms with Crippen molar-refractivity contribution in [3.8, 4) is 0 Å². The van der Waals surface area contributed by atoms with Crippen LogP contribution in [0.1, 0.15) is 18.1 Å². The van der Waals surface area contributed by atoms with E-state index in [9.17, 15) is 18.0 Å². The number of anilines is 1. The first-order chi connectivity index (χ1) is 15.6. The number of rotatable bonds is 6. The van der Waals surface area contributed by atoms with E-state index in [1.165, 1.54) is 24.3 Å². The van der Waals surface area contributed by atoms with E-state index in [0.717, 1.165) is 15.4 Å². The van der Waals surface area contributed by atoms with Crippen molar-refractivity contribution < 1.29 is 22.7 Å². The standard InChI is InChI=1S/C23H28ClN3O5S/c1-4-32-23(29)26-13-11-25(12-14-26)22(28)16-27(20-8-5-17(2)18(3)15-20)33(30,31)21-9-6-19(24)7-10-21/h5-10,15H,4,11-14,16H2,1-3H3. The van der Waals surface area contributed by atoms with Gasteiger partial charge in [0.1, 0.15) is 6.54 Å². The summed E-state index contributed by atoms with van der Waals surface area (Å²) in [5.74, 6) is -0.339. The Morgan fingerprint density at radius 1 is 0.970 bits per heavy atom. The molecule has 33 heavy (non-hydrogen) atoms. The van der Waals surface area contributed by atoms with Crippen LogP contribution in [0.4, 0.5) is 10.5 Å². The minimum atomic E-state index is -4.02. The minimum absolute atomic E-state index is 0.0464. The van der Waals surface area contributed by atoms with Crippen LogP contribution in [0.25, 0.3) is 0 Å². The summed E-state index contributed by atoms with van der Waals surface area (Å²) in [7, 11) is -4.02. The van der Waals surface area contributed by atoms with Crippen LogP contribution in [0.5, 0.6) is 0 Å². The maximum absolute atomic E-state index is 13.5. The summed E-state index contributed by atoms with van der Waals surface area (Å²) >= 11 is 5.93. The summed E-state index contributed by atoms with van der Waals surface area (Å²) in [6, 6.07) is 11.1. The lowest BCUT2D eigenvalue weighted by atomic mass is 10.1. The molecular weight excluding hydrogens is 466 g/mol. The molecule has 0 spiro atoms. The number of hydrogen-bond acceptors (Lipinski definition) is 5. The first-order valence-electron chi connectivity index (χ1n) is 10.7. The Morgan fingerprint density at radius 3 is 2.15 bits per heavy atom. The van der Waals surface area contributed by atoms with E-state index in [1.807, 2.05) is 19.9 Å². The topological polar surface area (TPSA) is 87.2 Å². The quantitative estimate of drug-likeness (QED) is 0.615. The number of piperazine rings is 1. The number of aryl methyl sites for hydroxylation is 2. The molecule has 0 N–H and O–H groups in total. The van der Waals surface area contributed by atoms with Gasteiger partial charge >= 0.3 is 6.09 Å². The average Bonchev–Trinajstić information content (AvgIpc) is 2.79. The molecule has 0 radical (unpaired) electrons. The third-order valence-electron chi connectivity index (χ3n) is 5.62. The molecule has 2 aromatic carbocycles. The van der Waals surface area contributed by atoms with Crippen molar-refractivity contribution in [2.24, 2.45) is 0 Å². The zero-order chi connectivity index (χ0) is 24.2. The average molecular weight is 494 g/mol. The summed E-state index contributed by atoms with van der Waals surface area (Å²) in [4.78, 5) is 28.2. The second kappa shape index (κ2) is 10.4. The van der Waals surface area contributed by atoms with Crippen LogP contribution in [-0.4, -0.2) is 69.5 Å². The Hall–Kier alpha value is -2.78. The number of carbonyl (C=O) groups is 2. The molecule has 1 aliphatic heterocycles. The molecule has 2 amide bonds. The second-order valence-corrected chi connectivity index (χ2v) is 10.1. The molecule has 0 saturated carbocycles. The van der Waals surface area contributed by atoms with Gasteiger partial charge in [0.05, 0.1) is 17.2 Å². The van der Waals surface area contributed by atoms with Crippen LogP contribution in [-0.2, 0) is 19.6 Å². The van der Waals surface area contributed by atoms with Crippen LogP contribution in [0, 0.1) is 13.8 Å². The van der Waals surface area contributed by atoms with E-state index in [0.29, 0.717) is 36.9 Å². The summed E-state index contributed by atoms with van der Waals surface area (Å²) in [6.07, 6.45) is -0.410. The van der Waals surface area contributed by atoms with E-state index in [1.54, 1.807) is 28.9 Å². The molecule has 0 aromatic heterocycles. The number of ether oxygens (including phenoxy) is 1. The second-order valence-electron chi connectivity index (χ2n) is 7.80. The molecule has 1 fully saturated rings. The van der Waals surface area contributed by atoms with Gasteiger partial charge in [-0.15, -0.1) is 0 Å². The molecule has 0 bridgehead atoms. The number of halogens is 1. The van der Waals surface area contributed by atoms with Gasteiger partial charge in [-0.2, -0.15) is 0 Å². The smallest absolute Gasteiger partial charge is 0.409 e. The number of carbonyl (C=O) groups excluding carboxylic acids is 2.